The van der Waals surface area contributed by atoms with Crippen LogP contribution in [-0.4, -0.2) is 21.7 Å². The fourth-order valence-corrected chi connectivity index (χ4v) is 1.44. The van der Waals surface area contributed by atoms with Crippen LogP contribution in [-0.2, 0) is 11.8 Å². The van der Waals surface area contributed by atoms with E-state index in [1.54, 1.807) is 14.0 Å². The number of rotatable bonds is 4. The fraction of sp³-hybridized carbons (Fsp3) is 0.545. The number of aromatic nitrogens is 2. The number of nitrogens with one attached hydrogen (secondary N) is 2. The van der Waals surface area contributed by atoms with Crippen LogP contribution in [0.15, 0.2) is 0 Å². The number of carbonyl (C=O) groups excluding carboxylic acids is 1. The van der Waals surface area contributed by atoms with E-state index in [4.69, 9.17) is 11.0 Å². The van der Waals surface area contributed by atoms with Gasteiger partial charge in [-0.05, 0) is 12.8 Å². The molecule has 0 saturated carbocycles. The molecule has 0 aliphatic heterocycles. The number of nitriles is 1. The molecule has 1 amide bonds. The van der Waals surface area contributed by atoms with Crippen LogP contribution in [0.2, 0.25) is 0 Å². The highest BCUT2D eigenvalue weighted by Crippen LogP contribution is 2.16. The molecule has 98 valence electrons. The number of amides is 1. The molecule has 1 aromatic rings. The Balaban J connectivity index is 2.76. The number of nitrogens with two attached hydrogens (primary N) is 1. The Bertz CT molecular complexity index is 484. The molecule has 0 bridgehead atoms. The van der Waals surface area contributed by atoms with Crippen molar-refractivity contribution in [3.05, 3.63) is 11.3 Å². The van der Waals surface area contributed by atoms with Gasteiger partial charge < -0.3 is 5.73 Å². The standard InChI is InChI=1S/C11H18N6O/c1-6(2)9(13)11(18)15-14-10-8(5-12)7(3)16-17(10)4/h6,9,14H,13H2,1-4H3,(H,15,18). The Labute approximate surface area is 106 Å². The molecule has 1 unspecified atom stereocenters. The molecule has 0 aliphatic carbocycles. The summed E-state index contributed by atoms with van der Waals surface area (Å²) >= 11 is 0. The van der Waals surface area contributed by atoms with E-state index in [0.717, 1.165) is 0 Å². The second-order valence-electron chi connectivity index (χ2n) is 4.43. The second-order valence-corrected chi connectivity index (χ2v) is 4.43. The van der Waals surface area contributed by atoms with Crippen molar-refractivity contribution in [2.24, 2.45) is 18.7 Å². The van der Waals surface area contributed by atoms with E-state index < -0.39 is 6.04 Å². The number of anilines is 1. The average molecular weight is 250 g/mol. The number of nitrogens with zero attached hydrogens (tertiary/aromatic N) is 3. The first-order valence-corrected chi connectivity index (χ1v) is 5.63. The maximum Gasteiger partial charge on any atom is 0.255 e. The van der Waals surface area contributed by atoms with Crippen molar-refractivity contribution < 1.29 is 4.79 Å². The molecule has 1 rings (SSSR count). The van der Waals surface area contributed by atoms with Gasteiger partial charge in [-0.1, -0.05) is 13.8 Å². The van der Waals surface area contributed by atoms with Gasteiger partial charge in [-0.2, -0.15) is 10.4 Å². The molecule has 0 saturated heterocycles. The van der Waals surface area contributed by atoms with Gasteiger partial charge >= 0.3 is 0 Å². The number of aryl methyl sites for hydroxylation is 2. The van der Waals surface area contributed by atoms with Crippen LogP contribution in [0.5, 0.6) is 0 Å². The third kappa shape index (κ3) is 2.78. The van der Waals surface area contributed by atoms with E-state index in [9.17, 15) is 4.79 Å². The minimum atomic E-state index is -0.600. The molecule has 0 radical (unpaired) electrons. The summed E-state index contributed by atoms with van der Waals surface area (Å²) in [6, 6.07) is 1.43. The number of hydrogen-bond acceptors (Lipinski definition) is 5. The van der Waals surface area contributed by atoms with Gasteiger partial charge in [0.1, 0.15) is 11.6 Å². The van der Waals surface area contributed by atoms with E-state index in [2.05, 4.69) is 16.0 Å². The first-order chi connectivity index (χ1) is 8.38. The van der Waals surface area contributed by atoms with Crippen molar-refractivity contribution in [3.63, 3.8) is 0 Å². The molecule has 0 aromatic carbocycles. The second kappa shape index (κ2) is 5.51. The third-order valence-corrected chi connectivity index (χ3v) is 2.66. The number of hydrazine groups is 1. The Morgan fingerprint density at radius 2 is 2.17 bits per heavy atom. The van der Waals surface area contributed by atoms with Crippen LogP contribution in [0.4, 0.5) is 5.82 Å². The summed E-state index contributed by atoms with van der Waals surface area (Å²) in [5, 5.41) is 13.1. The molecular weight excluding hydrogens is 232 g/mol. The van der Waals surface area contributed by atoms with Gasteiger partial charge in [0.25, 0.3) is 5.91 Å². The SMILES string of the molecule is Cc1nn(C)c(NNC(=O)C(N)C(C)C)c1C#N. The van der Waals surface area contributed by atoms with Crippen LogP contribution < -0.4 is 16.6 Å². The summed E-state index contributed by atoms with van der Waals surface area (Å²) in [6.45, 7) is 5.45. The lowest BCUT2D eigenvalue weighted by atomic mass is 10.1. The van der Waals surface area contributed by atoms with E-state index in [1.165, 1.54) is 4.68 Å². The van der Waals surface area contributed by atoms with E-state index in [-0.39, 0.29) is 11.8 Å². The monoisotopic (exact) mass is 250 g/mol. The van der Waals surface area contributed by atoms with Crippen molar-refractivity contribution in [1.29, 1.82) is 5.26 Å². The van der Waals surface area contributed by atoms with Gasteiger partial charge in [-0.15, -0.1) is 0 Å². The summed E-state index contributed by atoms with van der Waals surface area (Å²) in [6.07, 6.45) is 0. The van der Waals surface area contributed by atoms with E-state index >= 15 is 0 Å². The van der Waals surface area contributed by atoms with Crippen molar-refractivity contribution >= 4 is 11.7 Å². The summed E-state index contributed by atoms with van der Waals surface area (Å²) in [5.74, 6) is 0.155. The van der Waals surface area contributed by atoms with Crippen LogP contribution in [0.25, 0.3) is 0 Å². The summed E-state index contributed by atoms with van der Waals surface area (Å²) in [5.41, 5.74) is 11.9. The third-order valence-electron chi connectivity index (χ3n) is 2.66. The first kappa shape index (κ1) is 14.0. The van der Waals surface area contributed by atoms with Crippen LogP contribution >= 0.6 is 0 Å². The molecule has 18 heavy (non-hydrogen) atoms. The minimum Gasteiger partial charge on any atom is -0.320 e. The zero-order valence-electron chi connectivity index (χ0n) is 11.0. The van der Waals surface area contributed by atoms with Crippen molar-refractivity contribution in [2.45, 2.75) is 26.8 Å². The quantitative estimate of drug-likeness (QED) is 0.653. The first-order valence-electron chi connectivity index (χ1n) is 5.63. The number of carbonyl (C=O) groups is 1. The lowest BCUT2D eigenvalue weighted by molar-refractivity contribution is -0.122. The minimum absolute atomic E-state index is 0.0375. The Morgan fingerprint density at radius 1 is 1.56 bits per heavy atom. The van der Waals surface area contributed by atoms with Gasteiger partial charge in [0.2, 0.25) is 0 Å². The molecular formula is C11H18N6O. The van der Waals surface area contributed by atoms with E-state index in [0.29, 0.717) is 17.1 Å². The molecule has 7 heteroatoms. The van der Waals surface area contributed by atoms with E-state index in [1.807, 2.05) is 19.9 Å². The Hall–Kier alpha value is -2.07. The van der Waals surface area contributed by atoms with Crippen molar-refractivity contribution in [2.75, 3.05) is 5.43 Å². The average Bonchev–Trinajstić information content (AvgIpc) is 2.58. The van der Waals surface area contributed by atoms with Crippen LogP contribution in [0.1, 0.15) is 25.1 Å². The molecule has 7 nitrogen and oxygen atoms in total. The highest BCUT2D eigenvalue weighted by Gasteiger charge is 2.18. The van der Waals surface area contributed by atoms with Crippen molar-refractivity contribution in [1.82, 2.24) is 15.2 Å². The molecule has 4 N–H and O–H groups in total. The number of hydrogen-bond donors (Lipinski definition) is 3. The Kier molecular flexibility index (Phi) is 4.28. The normalized spacial score (nSPS) is 12.1. The predicted molar refractivity (Wildman–Crippen MR) is 67.2 cm³/mol. The van der Waals surface area contributed by atoms with Gasteiger partial charge in [0.05, 0.1) is 11.7 Å². The molecule has 1 heterocycles. The van der Waals surface area contributed by atoms with Gasteiger partial charge in [0, 0.05) is 7.05 Å². The lowest BCUT2D eigenvalue weighted by Crippen LogP contribution is -2.46. The highest BCUT2D eigenvalue weighted by atomic mass is 16.2. The zero-order valence-corrected chi connectivity index (χ0v) is 11.0. The van der Waals surface area contributed by atoms with Crippen LogP contribution in [0.3, 0.4) is 0 Å². The predicted octanol–water partition coefficient (Wildman–Crippen LogP) is 0.0266. The highest BCUT2D eigenvalue weighted by molar-refractivity contribution is 5.83. The smallest absolute Gasteiger partial charge is 0.255 e. The van der Waals surface area contributed by atoms with Crippen molar-refractivity contribution in [3.8, 4) is 6.07 Å². The summed E-state index contributed by atoms with van der Waals surface area (Å²) < 4.78 is 1.50. The van der Waals surface area contributed by atoms with Gasteiger partial charge in [-0.3, -0.25) is 20.3 Å². The van der Waals surface area contributed by atoms with Crippen LogP contribution in [0, 0.1) is 24.2 Å². The molecule has 0 spiro atoms. The molecule has 0 fully saturated rings. The summed E-state index contributed by atoms with van der Waals surface area (Å²) in [4.78, 5) is 11.7. The maximum atomic E-state index is 11.7. The van der Waals surface area contributed by atoms with Gasteiger partial charge in [-0.25, -0.2) is 0 Å². The fourth-order valence-electron chi connectivity index (χ4n) is 1.44. The van der Waals surface area contributed by atoms with Gasteiger partial charge in [0.15, 0.2) is 5.82 Å². The molecule has 1 atom stereocenters. The lowest BCUT2D eigenvalue weighted by Gasteiger charge is -2.16. The summed E-state index contributed by atoms with van der Waals surface area (Å²) in [7, 11) is 1.69. The maximum absolute atomic E-state index is 11.7. The Morgan fingerprint density at radius 3 is 2.67 bits per heavy atom. The topological polar surface area (TPSA) is 109 Å². The largest absolute Gasteiger partial charge is 0.320 e. The molecule has 1 aromatic heterocycles. The molecule has 0 aliphatic rings. The zero-order chi connectivity index (χ0) is 13.9.